The van der Waals surface area contributed by atoms with E-state index in [0.29, 0.717) is 17.9 Å². The first kappa shape index (κ1) is 18.9. The molecule has 0 saturated heterocycles. The Labute approximate surface area is 169 Å². The molecule has 0 unspecified atom stereocenters. The van der Waals surface area contributed by atoms with E-state index in [0.717, 1.165) is 52.4 Å². The number of aromatic nitrogens is 3. The van der Waals surface area contributed by atoms with E-state index in [1.807, 2.05) is 62.6 Å². The number of hydrogen-bond acceptors (Lipinski definition) is 4. The van der Waals surface area contributed by atoms with Crippen LogP contribution in [-0.4, -0.2) is 27.0 Å². The Kier molecular flexibility index (Phi) is 5.16. The SMILES string of the molecule is Cc1nc(N)c2ncn(CCCCNC(=O)c3ccc4ccccc4c3)c2c1C. The molecule has 2 aromatic heterocycles. The fraction of sp³-hybridized carbons (Fsp3) is 0.261. The number of unbranched alkanes of at least 4 members (excludes halogenated alkanes) is 1. The van der Waals surface area contributed by atoms with E-state index in [4.69, 9.17) is 5.73 Å². The number of rotatable bonds is 6. The van der Waals surface area contributed by atoms with Crippen LogP contribution < -0.4 is 11.1 Å². The van der Waals surface area contributed by atoms with Gasteiger partial charge in [-0.3, -0.25) is 4.79 Å². The number of nitrogen functional groups attached to an aromatic ring is 1. The highest BCUT2D eigenvalue weighted by Crippen LogP contribution is 2.24. The van der Waals surface area contributed by atoms with Crippen molar-refractivity contribution in [2.24, 2.45) is 0 Å². The second-order valence-electron chi connectivity index (χ2n) is 7.37. The highest BCUT2D eigenvalue weighted by molar-refractivity contribution is 5.98. The molecule has 6 heteroatoms. The monoisotopic (exact) mass is 387 g/mol. The van der Waals surface area contributed by atoms with Gasteiger partial charge in [-0.1, -0.05) is 30.3 Å². The van der Waals surface area contributed by atoms with Crippen molar-refractivity contribution in [2.75, 3.05) is 12.3 Å². The summed E-state index contributed by atoms with van der Waals surface area (Å²) in [5.74, 6) is 0.443. The van der Waals surface area contributed by atoms with E-state index < -0.39 is 0 Å². The Morgan fingerprint density at radius 2 is 1.90 bits per heavy atom. The van der Waals surface area contributed by atoms with Crippen LogP contribution in [0.1, 0.15) is 34.5 Å². The molecule has 0 fully saturated rings. The highest BCUT2D eigenvalue weighted by atomic mass is 16.1. The molecule has 4 rings (SSSR count). The maximum atomic E-state index is 12.4. The van der Waals surface area contributed by atoms with Gasteiger partial charge in [0.05, 0.1) is 11.8 Å². The van der Waals surface area contributed by atoms with Crippen LogP contribution >= 0.6 is 0 Å². The molecule has 4 aromatic rings. The smallest absolute Gasteiger partial charge is 0.251 e. The topological polar surface area (TPSA) is 85.8 Å². The van der Waals surface area contributed by atoms with Gasteiger partial charge in [-0.25, -0.2) is 9.97 Å². The van der Waals surface area contributed by atoms with Gasteiger partial charge in [0.2, 0.25) is 0 Å². The number of hydrogen-bond donors (Lipinski definition) is 2. The number of benzene rings is 2. The van der Waals surface area contributed by atoms with Crippen molar-refractivity contribution in [1.29, 1.82) is 0 Å². The van der Waals surface area contributed by atoms with Crippen molar-refractivity contribution in [2.45, 2.75) is 33.2 Å². The zero-order valence-electron chi connectivity index (χ0n) is 16.8. The number of carbonyl (C=O) groups is 1. The van der Waals surface area contributed by atoms with Gasteiger partial charge in [0.1, 0.15) is 5.52 Å². The van der Waals surface area contributed by atoms with Crippen LogP contribution in [0, 0.1) is 13.8 Å². The summed E-state index contributed by atoms with van der Waals surface area (Å²) in [4.78, 5) is 21.2. The summed E-state index contributed by atoms with van der Waals surface area (Å²) in [6.07, 6.45) is 3.64. The maximum Gasteiger partial charge on any atom is 0.251 e. The summed E-state index contributed by atoms with van der Waals surface area (Å²) in [5.41, 5.74) is 10.5. The second-order valence-corrected chi connectivity index (χ2v) is 7.37. The Balaban J connectivity index is 1.33. The zero-order chi connectivity index (χ0) is 20.4. The van der Waals surface area contributed by atoms with Crippen LogP contribution in [0.3, 0.4) is 0 Å². The van der Waals surface area contributed by atoms with Crippen molar-refractivity contribution in [3.63, 3.8) is 0 Å². The molecule has 0 radical (unpaired) electrons. The second kappa shape index (κ2) is 7.91. The molecule has 0 spiro atoms. The molecule has 1 amide bonds. The van der Waals surface area contributed by atoms with Crippen LogP contribution in [-0.2, 0) is 6.54 Å². The molecule has 29 heavy (non-hydrogen) atoms. The quantitative estimate of drug-likeness (QED) is 0.490. The molecule has 2 heterocycles. The Bertz CT molecular complexity index is 1190. The van der Waals surface area contributed by atoms with Crippen LogP contribution in [0.5, 0.6) is 0 Å². The Morgan fingerprint density at radius 1 is 1.10 bits per heavy atom. The van der Waals surface area contributed by atoms with Crippen LogP contribution in [0.2, 0.25) is 0 Å². The fourth-order valence-corrected chi connectivity index (χ4v) is 3.66. The first-order valence-corrected chi connectivity index (χ1v) is 9.89. The third-order valence-corrected chi connectivity index (χ3v) is 5.39. The first-order chi connectivity index (χ1) is 14.0. The van der Waals surface area contributed by atoms with Gasteiger partial charge >= 0.3 is 0 Å². The van der Waals surface area contributed by atoms with Crippen LogP contribution in [0.4, 0.5) is 5.82 Å². The first-order valence-electron chi connectivity index (χ1n) is 9.89. The van der Waals surface area contributed by atoms with E-state index in [-0.39, 0.29) is 5.91 Å². The third-order valence-electron chi connectivity index (χ3n) is 5.39. The van der Waals surface area contributed by atoms with Crippen molar-refractivity contribution in [1.82, 2.24) is 19.9 Å². The van der Waals surface area contributed by atoms with Gasteiger partial charge in [-0.05, 0) is 55.2 Å². The van der Waals surface area contributed by atoms with E-state index in [1.54, 1.807) is 0 Å². The molecule has 0 atom stereocenters. The predicted molar refractivity (Wildman–Crippen MR) is 117 cm³/mol. The molecule has 0 saturated carbocycles. The van der Waals surface area contributed by atoms with E-state index in [2.05, 4.69) is 19.9 Å². The van der Waals surface area contributed by atoms with Crippen LogP contribution in [0.15, 0.2) is 48.8 Å². The molecule has 0 aliphatic rings. The fourth-order valence-electron chi connectivity index (χ4n) is 3.66. The van der Waals surface area contributed by atoms with Gasteiger partial charge in [0.15, 0.2) is 5.82 Å². The molecule has 0 aliphatic carbocycles. The number of fused-ring (bicyclic) bond motifs is 2. The minimum absolute atomic E-state index is 0.0332. The van der Waals surface area contributed by atoms with Crippen molar-refractivity contribution in [3.05, 3.63) is 65.6 Å². The van der Waals surface area contributed by atoms with E-state index in [1.165, 1.54) is 0 Å². The molecule has 6 nitrogen and oxygen atoms in total. The number of aryl methyl sites for hydroxylation is 3. The van der Waals surface area contributed by atoms with Gasteiger partial charge < -0.3 is 15.6 Å². The summed E-state index contributed by atoms with van der Waals surface area (Å²) < 4.78 is 2.13. The number of nitrogens with one attached hydrogen (secondary N) is 1. The maximum absolute atomic E-state index is 12.4. The lowest BCUT2D eigenvalue weighted by molar-refractivity contribution is 0.0953. The summed E-state index contributed by atoms with van der Waals surface area (Å²) in [6, 6.07) is 13.8. The summed E-state index contributed by atoms with van der Waals surface area (Å²) in [5, 5.41) is 5.23. The number of carbonyl (C=O) groups excluding carboxylic acids is 1. The normalized spacial score (nSPS) is 11.2. The number of pyridine rings is 1. The predicted octanol–water partition coefficient (Wildman–Crippen LogP) is 3.99. The van der Waals surface area contributed by atoms with Gasteiger partial charge in [0.25, 0.3) is 5.91 Å². The van der Waals surface area contributed by atoms with Crippen LogP contribution in [0.25, 0.3) is 21.8 Å². The molecule has 3 N–H and O–H groups in total. The van der Waals surface area contributed by atoms with Gasteiger partial charge in [-0.15, -0.1) is 0 Å². The third kappa shape index (κ3) is 3.78. The number of amides is 1. The lowest BCUT2D eigenvalue weighted by atomic mass is 10.1. The minimum Gasteiger partial charge on any atom is -0.382 e. The van der Waals surface area contributed by atoms with Crippen molar-refractivity contribution >= 4 is 33.5 Å². The molecule has 0 aliphatic heterocycles. The van der Waals surface area contributed by atoms with E-state index >= 15 is 0 Å². The summed E-state index contributed by atoms with van der Waals surface area (Å²) in [7, 11) is 0. The number of imidazole rings is 1. The van der Waals surface area contributed by atoms with Gasteiger partial charge in [-0.2, -0.15) is 0 Å². The number of anilines is 1. The van der Waals surface area contributed by atoms with Crippen molar-refractivity contribution < 1.29 is 4.79 Å². The van der Waals surface area contributed by atoms with E-state index in [9.17, 15) is 4.79 Å². The number of nitrogens with two attached hydrogens (primary N) is 1. The Hall–Kier alpha value is -3.41. The zero-order valence-corrected chi connectivity index (χ0v) is 16.8. The molecule has 148 valence electrons. The average Bonchev–Trinajstić information content (AvgIpc) is 3.16. The van der Waals surface area contributed by atoms with Gasteiger partial charge in [0, 0.05) is 24.3 Å². The molecular weight excluding hydrogens is 362 g/mol. The van der Waals surface area contributed by atoms with Crippen molar-refractivity contribution in [3.8, 4) is 0 Å². The lowest BCUT2D eigenvalue weighted by Crippen LogP contribution is -2.24. The summed E-state index contributed by atoms with van der Waals surface area (Å²) >= 11 is 0. The molecule has 2 aromatic carbocycles. The summed E-state index contributed by atoms with van der Waals surface area (Å²) in [6.45, 7) is 5.48. The molecule has 0 bridgehead atoms. The largest absolute Gasteiger partial charge is 0.382 e. The Morgan fingerprint density at radius 3 is 2.72 bits per heavy atom. The molecular formula is C23H25N5O. The average molecular weight is 387 g/mol. The highest BCUT2D eigenvalue weighted by Gasteiger charge is 2.12. The number of nitrogens with zero attached hydrogens (tertiary/aromatic N) is 3. The lowest BCUT2D eigenvalue weighted by Gasteiger charge is -2.10. The standard InChI is InChI=1S/C23H25N5O/c1-15-16(2)27-22(24)20-21(15)28(14-26-20)12-6-5-11-25-23(29)19-10-9-17-7-3-4-8-18(17)13-19/h3-4,7-10,13-14H,5-6,11-12H2,1-2H3,(H2,24,27)(H,25,29). The minimum atomic E-state index is -0.0332.